The first-order chi connectivity index (χ1) is 14.7. The van der Waals surface area contributed by atoms with Crippen LogP contribution in [0.15, 0.2) is 24.4 Å². The van der Waals surface area contributed by atoms with Crippen molar-refractivity contribution < 1.29 is 4.79 Å². The van der Waals surface area contributed by atoms with Crippen molar-refractivity contribution in [2.45, 2.75) is 38.0 Å². The van der Waals surface area contributed by atoms with Gasteiger partial charge >= 0.3 is 0 Å². The maximum absolute atomic E-state index is 12.0. The van der Waals surface area contributed by atoms with Gasteiger partial charge in [-0.05, 0) is 31.0 Å². The largest absolute Gasteiger partial charge is 0.368 e. The highest BCUT2D eigenvalue weighted by Gasteiger charge is 2.21. The summed E-state index contributed by atoms with van der Waals surface area (Å²) in [7, 11) is 1.86. The van der Waals surface area contributed by atoms with Crippen molar-refractivity contribution in [3.8, 4) is 0 Å². The van der Waals surface area contributed by atoms with Gasteiger partial charge in [0, 0.05) is 39.0 Å². The molecule has 1 aliphatic heterocycles. The summed E-state index contributed by atoms with van der Waals surface area (Å²) in [5, 5.41) is 13.9. The number of nitrogens with zero attached hydrogens (tertiary/aromatic N) is 6. The molecule has 0 atom stereocenters. The first-order valence-electron chi connectivity index (χ1n) is 10.5. The minimum Gasteiger partial charge on any atom is -0.368 e. The molecule has 1 saturated carbocycles. The zero-order chi connectivity index (χ0) is 20.5. The van der Waals surface area contributed by atoms with Crippen LogP contribution in [0.5, 0.6) is 0 Å². The standard InChI is InChI=1S/C21H25N7OS.ClH/c1-27-10-11-28(9-8-19(27)29)15-12-17-16(22-13-15)6-7-18(23-17)24-21-26-25-20(30-21)14-4-2-3-5-14;/h6-7,12-14H,2-5,8-11H2,1H3,(H,23,24,26);1H. The van der Waals surface area contributed by atoms with Gasteiger partial charge in [0.1, 0.15) is 10.8 Å². The Bertz CT molecular complexity index is 1070. The minimum absolute atomic E-state index is 0. The Balaban J connectivity index is 0.00000231. The molecule has 2 fully saturated rings. The summed E-state index contributed by atoms with van der Waals surface area (Å²) in [6.45, 7) is 2.21. The first kappa shape index (κ1) is 21.7. The SMILES string of the molecule is CN1CCN(c2cnc3ccc(Nc4nnc(C5CCCC5)s4)nc3c2)CCC1=O.Cl. The van der Waals surface area contributed by atoms with Gasteiger partial charge in [-0.1, -0.05) is 24.2 Å². The molecular formula is C21H26ClN7OS. The normalized spacial score (nSPS) is 17.6. The molecular weight excluding hydrogens is 434 g/mol. The Morgan fingerprint density at radius 2 is 1.94 bits per heavy atom. The summed E-state index contributed by atoms with van der Waals surface area (Å²) in [5.74, 6) is 1.49. The number of pyridine rings is 2. The summed E-state index contributed by atoms with van der Waals surface area (Å²) < 4.78 is 0. The van der Waals surface area contributed by atoms with Crippen LogP contribution in [0.2, 0.25) is 0 Å². The van der Waals surface area contributed by atoms with E-state index in [-0.39, 0.29) is 18.3 Å². The average Bonchev–Trinajstić information content (AvgIpc) is 3.42. The van der Waals surface area contributed by atoms with Gasteiger partial charge in [0.2, 0.25) is 11.0 Å². The number of hydrogen-bond donors (Lipinski definition) is 1. The Labute approximate surface area is 191 Å². The smallest absolute Gasteiger partial charge is 0.224 e. The quantitative estimate of drug-likeness (QED) is 0.631. The van der Waals surface area contributed by atoms with Gasteiger partial charge in [0.05, 0.1) is 22.9 Å². The van der Waals surface area contributed by atoms with Crippen LogP contribution in [0.25, 0.3) is 11.0 Å². The van der Waals surface area contributed by atoms with Crippen molar-refractivity contribution in [2.75, 3.05) is 36.9 Å². The summed E-state index contributed by atoms with van der Waals surface area (Å²) >= 11 is 1.63. The van der Waals surface area contributed by atoms with Gasteiger partial charge < -0.3 is 15.1 Å². The highest BCUT2D eigenvalue weighted by molar-refractivity contribution is 7.15. The molecule has 5 rings (SSSR count). The van der Waals surface area contributed by atoms with Crippen LogP contribution in [0.4, 0.5) is 16.6 Å². The lowest BCUT2D eigenvalue weighted by Gasteiger charge is -2.22. The Hall–Kier alpha value is -2.52. The number of amides is 1. The Morgan fingerprint density at radius 3 is 2.77 bits per heavy atom. The molecule has 2 aliphatic rings. The van der Waals surface area contributed by atoms with Crippen LogP contribution in [-0.4, -0.2) is 57.7 Å². The molecule has 1 aliphatic carbocycles. The van der Waals surface area contributed by atoms with Crippen molar-refractivity contribution in [1.29, 1.82) is 0 Å². The third-order valence-electron chi connectivity index (χ3n) is 5.99. The van der Waals surface area contributed by atoms with Gasteiger partial charge in [-0.15, -0.1) is 22.6 Å². The summed E-state index contributed by atoms with van der Waals surface area (Å²) in [4.78, 5) is 25.3. The zero-order valence-electron chi connectivity index (χ0n) is 17.5. The lowest BCUT2D eigenvalue weighted by atomic mass is 10.1. The van der Waals surface area contributed by atoms with Gasteiger partial charge in [0.15, 0.2) is 0 Å². The highest BCUT2D eigenvalue weighted by atomic mass is 35.5. The van der Waals surface area contributed by atoms with Gasteiger partial charge in [-0.25, -0.2) is 4.98 Å². The van der Waals surface area contributed by atoms with E-state index in [2.05, 4.69) is 25.4 Å². The third-order valence-corrected chi connectivity index (χ3v) is 7.00. The van der Waals surface area contributed by atoms with Crippen molar-refractivity contribution in [3.63, 3.8) is 0 Å². The summed E-state index contributed by atoms with van der Waals surface area (Å²) in [6.07, 6.45) is 7.39. The number of aromatic nitrogens is 4. The highest BCUT2D eigenvalue weighted by Crippen LogP contribution is 2.37. The van der Waals surface area contributed by atoms with Gasteiger partial charge in [-0.2, -0.15) is 0 Å². The fraction of sp³-hybridized carbons (Fsp3) is 0.476. The number of halogens is 1. The number of nitrogens with one attached hydrogen (secondary N) is 1. The van der Waals surface area contributed by atoms with E-state index in [1.165, 1.54) is 25.7 Å². The predicted octanol–water partition coefficient (Wildman–Crippen LogP) is 3.97. The van der Waals surface area contributed by atoms with Crippen LogP contribution >= 0.6 is 23.7 Å². The molecule has 10 heteroatoms. The van der Waals surface area contributed by atoms with Crippen molar-refractivity contribution in [3.05, 3.63) is 29.4 Å². The van der Waals surface area contributed by atoms with E-state index in [1.54, 1.807) is 16.2 Å². The fourth-order valence-corrected chi connectivity index (χ4v) is 5.08. The van der Waals surface area contributed by atoms with E-state index in [0.717, 1.165) is 39.2 Å². The van der Waals surface area contributed by atoms with Crippen LogP contribution < -0.4 is 10.2 Å². The topological polar surface area (TPSA) is 87.1 Å². The minimum atomic E-state index is 0. The maximum atomic E-state index is 12.0. The number of hydrogen-bond acceptors (Lipinski definition) is 8. The third kappa shape index (κ3) is 4.72. The average molecular weight is 460 g/mol. The molecule has 4 heterocycles. The molecule has 1 amide bonds. The number of rotatable bonds is 4. The molecule has 31 heavy (non-hydrogen) atoms. The maximum Gasteiger partial charge on any atom is 0.224 e. The second kappa shape index (κ2) is 9.32. The van der Waals surface area contributed by atoms with Crippen LogP contribution in [0.1, 0.15) is 43.0 Å². The number of anilines is 3. The number of fused-ring (bicyclic) bond motifs is 1. The second-order valence-electron chi connectivity index (χ2n) is 8.03. The van der Waals surface area contributed by atoms with Gasteiger partial charge in [-0.3, -0.25) is 9.78 Å². The van der Waals surface area contributed by atoms with E-state index < -0.39 is 0 Å². The van der Waals surface area contributed by atoms with Crippen LogP contribution in [0, 0.1) is 0 Å². The molecule has 164 valence electrons. The summed E-state index contributed by atoms with van der Waals surface area (Å²) in [6, 6.07) is 5.94. The molecule has 8 nitrogen and oxygen atoms in total. The number of likely N-dealkylation sites (N-methyl/N-ethyl adjacent to an activating group) is 1. The molecule has 1 saturated heterocycles. The van der Waals surface area contributed by atoms with E-state index in [1.807, 2.05) is 31.4 Å². The van der Waals surface area contributed by atoms with Gasteiger partial charge in [0.25, 0.3) is 0 Å². The lowest BCUT2D eigenvalue weighted by Crippen LogP contribution is -2.30. The van der Waals surface area contributed by atoms with Crippen molar-refractivity contribution >= 4 is 57.3 Å². The second-order valence-corrected chi connectivity index (χ2v) is 9.04. The first-order valence-corrected chi connectivity index (χ1v) is 11.3. The zero-order valence-corrected chi connectivity index (χ0v) is 19.1. The molecule has 0 radical (unpaired) electrons. The molecule has 0 bridgehead atoms. The number of carbonyl (C=O) groups is 1. The summed E-state index contributed by atoms with van der Waals surface area (Å²) in [5.41, 5.74) is 2.66. The van der Waals surface area contributed by atoms with Crippen molar-refractivity contribution in [2.24, 2.45) is 0 Å². The van der Waals surface area contributed by atoms with E-state index in [9.17, 15) is 4.79 Å². The Kier molecular flexibility index (Phi) is 6.52. The monoisotopic (exact) mass is 459 g/mol. The molecule has 0 spiro atoms. The lowest BCUT2D eigenvalue weighted by molar-refractivity contribution is -0.129. The van der Waals surface area contributed by atoms with Crippen LogP contribution in [-0.2, 0) is 4.79 Å². The molecule has 1 N–H and O–H groups in total. The molecule has 3 aromatic rings. The van der Waals surface area contributed by atoms with E-state index in [4.69, 9.17) is 4.98 Å². The molecule has 3 aromatic heterocycles. The molecule has 0 unspecified atom stereocenters. The predicted molar refractivity (Wildman–Crippen MR) is 126 cm³/mol. The fourth-order valence-electron chi connectivity index (χ4n) is 4.16. The Morgan fingerprint density at radius 1 is 1.10 bits per heavy atom. The molecule has 0 aromatic carbocycles. The van der Waals surface area contributed by atoms with Crippen LogP contribution in [0.3, 0.4) is 0 Å². The van der Waals surface area contributed by atoms with Crippen molar-refractivity contribution in [1.82, 2.24) is 25.1 Å². The van der Waals surface area contributed by atoms with E-state index in [0.29, 0.717) is 25.4 Å². The van der Waals surface area contributed by atoms with E-state index >= 15 is 0 Å². The number of carbonyl (C=O) groups excluding carboxylic acids is 1.